The van der Waals surface area contributed by atoms with Crippen LogP contribution in [0.25, 0.3) is 0 Å². The van der Waals surface area contributed by atoms with Gasteiger partial charge in [-0.15, -0.1) is 0 Å². The molecule has 2 aromatic carbocycles. The lowest BCUT2D eigenvalue weighted by Crippen LogP contribution is -2.21. The van der Waals surface area contributed by atoms with Crippen molar-refractivity contribution in [2.24, 2.45) is 5.14 Å². The van der Waals surface area contributed by atoms with Gasteiger partial charge in [-0.2, -0.15) is 4.98 Å². The third kappa shape index (κ3) is 6.46. The number of aliphatic hydroxyl groups is 1. The molecule has 0 amide bonds. The molecule has 5 N–H and O–H groups in total. The van der Waals surface area contributed by atoms with Gasteiger partial charge in [0, 0.05) is 22.2 Å². The maximum atomic E-state index is 11.9. The molecule has 1 heterocycles. The van der Waals surface area contributed by atoms with Crippen molar-refractivity contribution in [2.75, 3.05) is 24.4 Å². The maximum Gasteiger partial charge on any atom is 0.229 e. The number of ether oxygens (including phenoxy) is 1. The molecule has 0 saturated carbocycles. The third-order valence-corrected chi connectivity index (χ3v) is 5.79. The zero-order valence-corrected chi connectivity index (χ0v) is 19.6. The quantitative estimate of drug-likeness (QED) is 0.313. The third-order valence-electron chi connectivity index (χ3n) is 4.72. The molecule has 0 fully saturated rings. The van der Waals surface area contributed by atoms with E-state index in [4.69, 9.17) is 9.88 Å². The molecule has 33 heavy (non-hydrogen) atoms. The van der Waals surface area contributed by atoms with E-state index in [1.54, 1.807) is 37.6 Å². The van der Waals surface area contributed by atoms with Gasteiger partial charge in [0.1, 0.15) is 11.6 Å². The fourth-order valence-electron chi connectivity index (χ4n) is 2.86. The molecule has 0 aliphatic heterocycles. The first-order chi connectivity index (χ1) is 15.7. The van der Waals surface area contributed by atoms with Crippen LogP contribution in [0.5, 0.6) is 5.75 Å². The number of benzene rings is 2. The lowest BCUT2D eigenvalue weighted by Gasteiger charge is -2.14. The summed E-state index contributed by atoms with van der Waals surface area (Å²) in [7, 11) is -1.15. The predicted octanol–water partition coefficient (Wildman–Crippen LogP) is 2.68. The summed E-state index contributed by atoms with van der Waals surface area (Å²) in [5.41, 5.74) is 3.13. The Morgan fingerprint density at radius 3 is 2.52 bits per heavy atom. The normalized spacial score (nSPS) is 13.2. The molecule has 1 unspecified atom stereocenters. The second-order valence-electron chi connectivity index (χ2n) is 7.49. The summed E-state index contributed by atoms with van der Waals surface area (Å²) in [6.45, 7) is 3.73. The molecule has 0 aliphatic rings. The lowest BCUT2D eigenvalue weighted by atomic mass is 10.1. The molecule has 0 radical (unpaired) electrons. The highest BCUT2D eigenvalue weighted by molar-refractivity contribution is 7.98. The number of anilines is 3. The van der Waals surface area contributed by atoms with Crippen molar-refractivity contribution in [2.45, 2.75) is 24.8 Å². The zero-order valence-electron chi connectivity index (χ0n) is 18.8. The van der Waals surface area contributed by atoms with Gasteiger partial charge in [-0.25, -0.2) is 9.19 Å². The van der Waals surface area contributed by atoms with E-state index in [1.807, 2.05) is 32.0 Å². The maximum absolute atomic E-state index is 11.9. The van der Waals surface area contributed by atoms with Gasteiger partial charge in [0.2, 0.25) is 5.95 Å². The Morgan fingerprint density at radius 2 is 1.91 bits per heavy atom. The van der Waals surface area contributed by atoms with Crippen molar-refractivity contribution in [3.05, 3.63) is 65.4 Å². The summed E-state index contributed by atoms with van der Waals surface area (Å²) < 4.78 is 17.1. The fraction of sp³-hybridized carbons (Fsp3) is 0.208. The molecular formula is C24H27N5O3S. The Kier molecular flexibility index (Phi) is 7.55. The van der Waals surface area contributed by atoms with Crippen LogP contribution < -0.4 is 20.5 Å². The average molecular weight is 466 g/mol. The number of hydrogen-bond donors (Lipinski definition) is 4. The number of nitrogens with one attached hydrogen (secondary N) is 2. The highest BCUT2D eigenvalue weighted by Crippen LogP contribution is 2.20. The highest BCUT2D eigenvalue weighted by Gasteiger charge is 2.10. The molecule has 3 aromatic rings. The van der Waals surface area contributed by atoms with E-state index < -0.39 is 9.71 Å². The van der Waals surface area contributed by atoms with E-state index in [-0.39, 0.29) is 12.6 Å². The van der Waals surface area contributed by atoms with Gasteiger partial charge >= 0.3 is 0 Å². The summed E-state index contributed by atoms with van der Waals surface area (Å²) in [5, 5.41) is 21.3. The van der Waals surface area contributed by atoms with Crippen molar-refractivity contribution in [3.8, 4) is 17.6 Å². The topological polar surface area (TPSA) is 122 Å². The Balaban J connectivity index is 1.90. The number of aryl methyl sites for hydroxylation is 1. The van der Waals surface area contributed by atoms with Gasteiger partial charge < -0.3 is 20.5 Å². The van der Waals surface area contributed by atoms with Crippen LogP contribution in [-0.4, -0.2) is 44.9 Å². The molecule has 172 valence electrons. The summed E-state index contributed by atoms with van der Waals surface area (Å²) in [6, 6.07) is 12.2. The molecule has 8 nitrogen and oxygen atoms in total. The zero-order chi connectivity index (χ0) is 24.0. The van der Waals surface area contributed by atoms with Crippen LogP contribution in [0.2, 0.25) is 0 Å². The second-order valence-corrected chi connectivity index (χ2v) is 9.41. The van der Waals surface area contributed by atoms with E-state index in [1.165, 1.54) is 0 Å². The molecule has 1 aromatic heterocycles. The summed E-state index contributed by atoms with van der Waals surface area (Å²) in [4.78, 5) is 9.34. The molecule has 0 saturated heterocycles. The molecule has 0 spiro atoms. The van der Waals surface area contributed by atoms with Gasteiger partial charge in [0.25, 0.3) is 0 Å². The van der Waals surface area contributed by atoms with Crippen molar-refractivity contribution in [1.29, 1.82) is 0 Å². The summed E-state index contributed by atoms with van der Waals surface area (Å²) in [6.07, 6.45) is 1.62. The van der Waals surface area contributed by atoms with Gasteiger partial charge in [0.15, 0.2) is 0 Å². The minimum Gasteiger partial charge on any atom is -0.497 e. The highest BCUT2D eigenvalue weighted by atomic mass is 32.2. The molecule has 2 atom stereocenters. The van der Waals surface area contributed by atoms with E-state index in [0.29, 0.717) is 27.9 Å². The standard InChI is InChI=1S/C24H27N5O3S/c1-16-13-21(32-3)10-7-18(16)5-6-19-14-26-24(29-23(19)27-17(2)15-30)28-20-8-11-22(12-9-20)33(4,25)31/h7-14,17,30H,4,15H2,1-3H3,(H2,25,31)(H2,26,27,28,29)/t17-,33?/m1/s1. The second kappa shape index (κ2) is 10.4. The number of aliphatic hydroxyl groups excluding tert-OH is 1. The van der Waals surface area contributed by atoms with Crippen molar-refractivity contribution < 1.29 is 14.1 Å². The molecule has 3 rings (SSSR count). The smallest absolute Gasteiger partial charge is 0.229 e. The molecule has 0 aliphatic carbocycles. The van der Waals surface area contributed by atoms with Gasteiger partial charge in [-0.05, 0) is 67.7 Å². The number of methoxy groups -OCH3 is 1. The van der Waals surface area contributed by atoms with Crippen LogP contribution in [0, 0.1) is 18.8 Å². The number of aromatic nitrogens is 2. The van der Waals surface area contributed by atoms with E-state index in [2.05, 4.69) is 38.3 Å². The Labute approximate surface area is 194 Å². The minimum absolute atomic E-state index is 0.0674. The van der Waals surface area contributed by atoms with Crippen molar-refractivity contribution in [3.63, 3.8) is 0 Å². The SMILES string of the molecule is C=S(N)(=O)c1ccc(Nc2ncc(C#Cc3ccc(OC)cc3C)c(N[C@H](C)CO)n2)cc1. The number of rotatable bonds is 7. The van der Waals surface area contributed by atoms with E-state index in [0.717, 1.165) is 16.9 Å². The minimum atomic E-state index is -2.77. The van der Waals surface area contributed by atoms with Crippen LogP contribution in [0.15, 0.2) is 53.6 Å². The molecule has 9 heteroatoms. The van der Waals surface area contributed by atoms with Crippen LogP contribution in [0.1, 0.15) is 23.6 Å². The van der Waals surface area contributed by atoms with Gasteiger partial charge in [0.05, 0.1) is 35.2 Å². The van der Waals surface area contributed by atoms with Crippen molar-refractivity contribution in [1.82, 2.24) is 9.97 Å². The summed E-state index contributed by atoms with van der Waals surface area (Å²) >= 11 is 0. The number of nitrogens with zero attached hydrogens (tertiary/aromatic N) is 2. The Hall–Kier alpha value is -3.58. The number of hydrogen-bond acceptors (Lipinski definition) is 7. The van der Waals surface area contributed by atoms with Crippen molar-refractivity contribution >= 4 is 33.0 Å². The van der Waals surface area contributed by atoms with Crippen LogP contribution in [-0.2, 0) is 9.71 Å². The van der Waals surface area contributed by atoms with Crippen LogP contribution >= 0.6 is 0 Å². The predicted molar refractivity (Wildman–Crippen MR) is 133 cm³/mol. The lowest BCUT2D eigenvalue weighted by molar-refractivity contribution is 0.281. The first-order valence-corrected chi connectivity index (χ1v) is 11.9. The van der Waals surface area contributed by atoms with Crippen LogP contribution in [0.4, 0.5) is 17.5 Å². The fourth-order valence-corrected chi connectivity index (χ4v) is 3.46. The van der Waals surface area contributed by atoms with Gasteiger partial charge in [-0.1, -0.05) is 11.8 Å². The van der Waals surface area contributed by atoms with E-state index >= 15 is 0 Å². The Bertz CT molecular complexity index is 1300. The number of nitrogens with two attached hydrogens (primary N) is 1. The average Bonchev–Trinajstić information content (AvgIpc) is 2.79. The first-order valence-electron chi connectivity index (χ1n) is 10.1. The first kappa shape index (κ1) is 24.1. The van der Waals surface area contributed by atoms with Crippen LogP contribution in [0.3, 0.4) is 0 Å². The van der Waals surface area contributed by atoms with Gasteiger partial charge in [-0.3, -0.25) is 5.14 Å². The Morgan fingerprint density at radius 1 is 1.21 bits per heavy atom. The molecular weight excluding hydrogens is 438 g/mol. The largest absolute Gasteiger partial charge is 0.497 e. The van der Waals surface area contributed by atoms with E-state index in [9.17, 15) is 9.32 Å². The summed E-state index contributed by atoms with van der Waals surface area (Å²) in [5.74, 6) is 11.3. The monoisotopic (exact) mass is 465 g/mol. The molecule has 0 bridgehead atoms.